The predicted octanol–water partition coefficient (Wildman–Crippen LogP) is 2.13. The zero-order valence-corrected chi connectivity index (χ0v) is 11.4. The Hall–Kier alpha value is -2.18. The zero-order chi connectivity index (χ0) is 14.7. The Morgan fingerprint density at radius 2 is 1.80 bits per heavy atom. The Balaban J connectivity index is 2.23. The van der Waals surface area contributed by atoms with Gasteiger partial charge in [0.15, 0.2) is 0 Å². The van der Waals surface area contributed by atoms with Gasteiger partial charge in [0.25, 0.3) is 5.91 Å². The van der Waals surface area contributed by atoms with Gasteiger partial charge < -0.3 is 11.1 Å². The van der Waals surface area contributed by atoms with Crippen molar-refractivity contribution in [2.45, 2.75) is 0 Å². The maximum atomic E-state index is 12.0. The molecule has 6 nitrogen and oxygen atoms in total. The van der Waals surface area contributed by atoms with E-state index in [1.54, 1.807) is 6.07 Å². The topological polar surface area (TPSA) is 98.0 Å². The quantitative estimate of drug-likeness (QED) is 0.670. The standard InChI is InChI=1S/C12H8Cl2N4O2/c13-8-5-9(18-12(14)16-8)17-11(20)7-3-1-2-6(4-7)10(15)19/h1-5H,(H2,15,19)(H,16,17,18,20). The zero-order valence-electron chi connectivity index (χ0n) is 9.93. The Labute approximate surface area is 123 Å². The minimum Gasteiger partial charge on any atom is -0.366 e. The lowest BCUT2D eigenvalue weighted by atomic mass is 10.1. The molecular formula is C12H8Cl2N4O2. The van der Waals surface area contributed by atoms with Crippen molar-refractivity contribution >= 4 is 40.8 Å². The van der Waals surface area contributed by atoms with Crippen LogP contribution in [0.2, 0.25) is 10.4 Å². The maximum Gasteiger partial charge on any atom is 0.256 e. The fourth-order valence-electron chi connectivity index (χ4n) is 1.46. The highest BCUT2D eigenvalue weighted by atomic mass is 35.5. The molecule has 0 saturated heterocycles. The summed E-state index contributed by atoms with van der Waals surface area (Å²) in [6, 6.07) is 7.32. The molecule has 2 rings (SSSR count). The highest BCUT2D eigenvalue weighted by Crippen LogP contribution is 2.15. The Morgan fingerprint density at radius 3 is 2.45 bits per heavy atom. The van der Waals surface area contributed by atoms with Crippen molar-refractivity contribution in [3.05, 3.63) is 51.9 Å². The van der Waals surface area contributed by atoms with Gasteiger partial charge in [-0.3, -0.25) is 9.59 Å². The Bertz CT molecular complexity index is 671. The van der Waals surface area contributed by atoms with Crippen molar-refractivity contribution in [2.24, 2.45) is 5.73 Å². The lowest BCUT2D eigenvalue weighted by molar-refractivity contribution is 0.1000. The second-order valence-electron chi connectivity index (χ2n) is 3.74. The van der Waals surface area contributed by atoms with Gasteiger partial charge in [0, 0.05) is 17.2 Å². The van der Waals surface area contributed by atoms with E-state index >= 15 is 0 Å². The number of hydrogen-bond acceptors (Lipinski definition) is 4. The number of benzene rings is 1. The predicted molar refractivity (Wildman–Crippen MR) is 75.0 cm³/mol. The van der Waals surface area contributed by atoms with E-state index in [0.29, 0.717) is 0 Å². The summed E-state index contributed by atoms with van der Waals surface area (Å²) in [4.78, 5) is 30.5. The van der Waals surface area contributed by atoms with E-state index in [0.717, 1.165) is 0 Å². The second kappa shape index (κ2) is 5.85. The van der Waals surface area contributed by atoms with E-state index in [1.807, 2.05) is 0 Å². The summed E-state index contributed by atoms with van der Waals surface area (Å²) < 4.78 is 0. The molecule has 0 aliphatic carbocycles. The van der Waals surface area contributed by atoms with Crippen molar-refractivity contribution in [3.8, 4) is 0 Å². The lowest BCUT2D eigenvalue weighted by Gasteiger charge is -2.05. The molecule has 102 valence electrons. The number of primary amides is 1. The molecule has 0 radical (unpaired) electrons. The first-order valence-electron chi connectivity index (χ1n) is 5.37. The first-order chi connectivity index (χ1) is 9.45. The summed E-state index contributed by atoms with van der Waals surface area (Å²) in [5.41, 5.74) is 5.64. The van der Waals surface area contributed by atoms with Crippen molar-refractivity contribution in [1.82, 2.24) is 9.97 Å². The first kappa shape index (κ1) is 14.2. The van der Waals surface area contributed by atoms with Gasteiger partial charge in [-0.05, 0) is 29.8 Å². The summed E-state index contributed by atoms with van der Waals surface area (Å²) in [5, 5.41) is 2.51. The van der Waals surface area contributed by atoms with Crippen LogP contribution in [0.5, 0.6) is 0 Å². The second-order valence-corrected chi connectivity index (χ2v) is 4.47. The molecule has 8 heteroatoms. The number of anilines is 1. The van der Waals surface area contributed by atoms with Crippen LogP contribution in [-0.2, 0) is 0 Å². The number of carbonyl (C=O) groups is 2. The minimum absolute atomic E-state index is 0.0845. The molecule has 0 unspecified atom stereocenters. The molecule has 0 spiro atoms. The largest absolute Gasteiger partial charge is 0.366 e. The first-order valence-corrected chi connectivity index (χ1v) is 6.12. The minimum atomic E-state index is -0.618. The number of nitrogens with zero attached hydrogens (tertiary/aromatic N) is 2. The van der Waals surface area contributed by atoms with Gasteiger partial charge in [-0.25, -0.2) is 9.97 Å². The number of hydrogen-bond donors (Lipinski definition) is 2. The molecule has 0 atom stereocenters. The average molecular weight is 311 g/mol. The van der Waals surface area contributed by atoms with E-state index in [-0.39, 0.29) is 27.4 Å². The third kappa shape index (κ3) is 3.43. The molecule has 0 fully saturated rings. The van der Waals surface area contributed by atoms with Crippen LogP contribution in [-0.4, -0.2) is 21.8 Å². The monoisotopic (exact) mass is 310 g/mol. The highest BCUT2D eigenvalue weighted by Gasteiger charge is 2.10. The van der Waals surface area contributed by atoms with Gasteiger partial charge >= 0.3 is 0 Å². The Morgan fingerprint density at radius 1 is 1.10 bits per heavy atom. The summed E-state index contributed by atoms with van der Waals surface area (Å²) >= 11 is 11.3. The van der Waals surface area contributed by atoms with Crippen LogP contribution in [0.3, 0.4) is 0 Å². The van der Waals surface area contributed by atoms with Gasteiger partial charge in [-0.2, -0.15) is 0 Å². The molecule has 0 aliphatic rings. The third-order valence-corrected chi connectivity index (χ3v) is 2.68. The van der Waals surface area contributed by atoms with Gasteiger partial charge in [0.2, 0.25) is 11.2 Å². The Kier molecular flexibility index (Phi) is 4.16. The molecule has 3 N–H and O–H groups in total. The number of carbonyl (C=O) groups excluding carboxylic acids is 2. The van der Waals surface area contributed by atoms with Crippen LogP contribution in [0, 0.1) is 0 Å². The molecule has 0 aliphatic heterocycles. The van der Waals surface area contributed by atoms with Gasteiger partial charge in [0.05, 0.1) is 0 Å². The van der Waals surface area contributed by atoms with Gasteiger partial charge in [0.1, 0.15) is 11.0 Å². The molecule has 0 bridgehead atoms. The molecule has 1 heterocycles. The number of rotatable bonds is 3. The number of amides is 2. The third-order valence-electron chi connectivity index (χ3n) is 2.32. The van der Waals surface area contributed by atoms with Crippen molar-refractivity contribution < 1.29 is 9.59 Å². The lowest BCUT2D eigenvalue weighted by Crippen LogP contribution is -2.16. The fourth-order valence-corrected chi connectivity index (χ4v) is 1.86. The molecule has 1 aromatic heterocycles. The van der Waals surface area contributed by atoms with E-state index in [9.17, 15) is 9.59 Å². The number of nitrogens with two attached hydrogens (primary N) is 1. The SMILES string of the molecule is NC(=O)c1cccc(C(=O)Nc2cc(Cl)nc(Cl)n2)c1. The average Bonchev–Trinajstić information content (AvgIpc) is 2.37. The van der Waals surface area contributed by atoms with Crippen LogP contribution in [0.15, 0.2) is 30.3 Å². The fraction of sp³-hybridized carbons (Fsp3) is 0. The van der Waals surface area contributed by atoms with Crippen LogP contribution in [0.1, 0.15) is 20.7 Å². The summed E-state index contributed by atoms with van der Waals surface area (Å²) in [7, 11) is 0. The smallest absolute Gasteiger partial charge is 0.256 e. The van der Waals surface area contributed by atoms with Crippen LogP contribution in [0.4, 0.5) is 5.82 Å². The maximum absolute atomic E-state index is 12.0. The van der Waals surface area contributed by atoms with Crippen molar-refractivity contribution in [3.63, 3.8) is 0 Å². The van der Waals surface area contributed by atoms with Crippen molar-refractivity contribution in [1.29, 1.82) is 0 Å². The van der Waals surface area contributed by atoms with Crippen LogP contribution >= 0.6 is 23.2 Å². The molecule has 2 amide bonds. The molecule has 20 heavy (non-hydrogen) atoms. The van der Waals surface area contributed by atoms with E-state index in [4.69, 9.17) is 28.9 Å². The molecular weight excluding hydrogens is 303 g/mol. The van der Waals surface area contributed by atoms with Crippen molar-refractivity contribution in [2.75, 3.05) is 5.32 Å². The molecule has 2 aromatic rings. The van der Waals surface area contributed by atoms with E-state index in [2.05, 4.69) is 15.3 Å². The van der Waals surface area contributed by atoms with E-state index < -0.39 is 11.8 Å². The van der Waals surface area contributed by atoms with Crippen LogP contribution in [0.25, 0.3) is 0 Å². The van der Waals surface area contributed by atoms with E-state index in [1.165, 1.54) is 24.3 Å². The number of nitrogens with one attached hydrogen (secondary N) is 1. The van der Waals surface area contributed by atoms with Crippen LogP contribution < -0.4 is 11.1 Å². The highest BCUT2D eigenvalue weighted by molar-refractivity contribution is 6.32. The normalized spacial score (nSPS) is 10.1. The van der Waals surface area contributed by atoms with Gasteiger partial charge in [-0.15, -0.1) is 0 Å². The van der Waals surface area contributed by atoms with Gasteiger partial charge in [-0.1, -0.05) is 17.7 Å². The number of aromatic nitrogens is 2. The summed E-state index contributed by atoms with van der Waals surface area (Å²) in [6.07, 6.45) is 0. The summed E-state index contributed by atoms with van der Waals surface area (Å²) in [6.45, 7) is 0. The summed E-state index contributed by atoms with van der Waals surface area (Å²) in [5.74, 6) is -0.934. The molecule has 0 saturated carbocycles. The molecule has 1 aromatic carbocycles. The number of halogens is 2.